The van der Waals surface area contributed by atoms with Gasteiger partial charge >= 0.3 is 0 Å². The second-order valence-corrected chi connectivity index (χ2v) is 2.75. The fourth-order valence-electron chi connectivity index (χ4n) is 1.15. The Hall–Kier alpha value is -1.49. The minimum absolute atomic E-state index is 0.283. The highest BCUT2D eigenvalue weighted by Crippen LogP contribution is 2.20. The van der Waals surface area contributed by atoms with Crippen LogP contribution in [0.1, 0.15) is 11.9 Å². The van der Waals surface area contributed by atoms with Gasteiger partial charge in [-0.1, -0.05) is 0 Å². The molecule has 2 heterocycles. The van der Waals surface area contributed by atoms with Gasteiger partial charge in [-0.05, 0) is 6.92 Å². The topological polar surface area (TPSA) is 80.0 Å². The molecule has 5 nitrogen and oxygen atoms in total. The molecule has 12 heavy (non-hydrogen) atoms. The van der Waals surface area contributed by atoms with Crippen molar-refractivity contribution < 1.29 is 0 Å². The zero-order valence-corrected chi connectivity index (χ0v) is 6.65. The first-order valence-corrected chi connectivity index (χ1v) is 3.63. The third-order valence-electron chi connectivity index (χ3n) is 1.76. The molecule has 0 aromatic carbocycles. The molecule has 1 aliphatic heterocycles. The lowest BCUT2D eigenvalue weighted by molar-refractivity contribution is 0.583. The molecule has 0 bridgehead atoms. The maximum atomic E-state index is 7.40. The number of aromatic nitrogens is 2. The minimum Gasteiger partial charge on any atom is -0.305 e. The van der Waals surface area contributed by atoms with Gasteiger partial charge in [0, 0.05) is 6.07 Å². The highest BCUT2D eigenvalue weighted by Gasteiger charge is 2.18. The van der Waals surface area contributed by atoms with Gasteiger partial charge in [-0.2, -0.15) is 5.10 Å². The summed E-state index contributed by atoms with van der Waals surface area (Å²) in [5, 5.41) is 11.5. The van der Waals surface area contributed by atoms with Crippen molar-refractivity contribution in [1.82, 2.24) is 9.78 Å². The zero-order valence-electron chi connectivity index (χ0n) is 6.65. The Morgan fingerprint density at radius 2 is 2.42 bits per heavy atom. The van der Waals surface area contributed by atoms with E-state index in [4.69, 9.17) is 11.1 Å². The average Bonchev–Trinajstić information content (AvgIpc) is 2.39. The zero-order chi connectivity index (χ0) is 8.72. The van der Waals surface area contributed by atoms with E-state index in [-0.39, 0.29) is 5.71 Å². The van der Waals surface area contributed by atoms with Gasteiger partial charge in [-0.3, -0.25) is 5.41 Å². The van der Waals surface area contributed by atoms with Crippen LogP contribution in [-0.2, 0) is 0 Å². The third kappa shape index (κ3) is 0.868. The third-order valence-corrected chi connectivity index (χ3v) is 1.76. The van der Waals surface area contributed by atoms with E-state index in [2.05, 4.69) is 10.1 Å². The average molecular weight is 163 g/mol. The van der Waals surface area contributed by atoms with Crippen LogP contribution in [0.25, 0.3) is 0 Å². The normalized spacial score (nSPS) is 21.2. The first-order valence-electron chi connectivity index (χ1n) is 3.63. The standard InChI is InChI=1S/C7H9N5/c1-4-2-6-10-3-5(8)7(9)12(6)11-4/h2-3,7-8H,9H2,1H3. The molecule has 62 valence electrons. The molecular formula is C7H9N5. The highest BCUT2D eigenvalue weighted by atomic mass is 15.4. The van der Waals surface area contributed by atoms with Crippen LogP contribution in [0.15, 0.2) is 11.1 Å². The number of nitrogens with one attached hydrogen (secondary N) is 1. The van der Waals surface area contributed by atoms with Crippen molar-refractivity contribution >= 4 is 17.7 Å². The largest absolute Gasteiger partial charge is 0.305 e. The van der Waals surface area contributed by atoms with E-state index < -0.39 is 6.17 Å². The van der Waals surface area contributed by atoms with Gasteiger partial charge in [0.2, 0.25) is 0 Å². The molecule has 0 spiro atoms. The summed E-state index contributed by atoms with van der Waals surface area (Å²) in [7, 11) is 0. The summed E-state index contributed by atoms with van der Waals surface area (Å²) in [6, 6.07) is 1.84. The van der Waals surface area contributed by atoms with E-state index in [1.165, 1.54) is 6.21 Å². The second kappa shape index (κ2) is 2.25. The Bertz CT molecular complexity index is 362. The van der Waals surface area contributed by atoms with Crippen LogP contribution in [0.4, 0.5) is 5.82 Å². The summed E-state index contributed by atoms with van der Waals surface area (Å²) in [5.41, 5.74) is 6.84. The lowest BCUT2D eigenvalue weighted by Gasteiger charge is -2.15. The minimum atomic E-state index is -0.480. The molecule has 1 aromatic rings. The summed E-state index contributed by atoms with van der Waals surface area (Å²) >= 11 is 0. The van der Waals surface area contributed by atoms with Crippen molar-refractivity contribution in [3.63, 3.8) is 0 Å². The molecule has 5 heteroatoms. The van der Waals surface area contributed by atoms with Gasteiger partial charge in [0.25, 0.3) is 0 Å². The summed E-state index contributed by atoms with van der Waals surface area (Å²) < 4.78 is 1.55. The monoisotopic (exact) mass is 163 g/mol. The van der Waals surface area contributed by atoms with Crippen LogP contribution in [0, 0.1) is 12.3 Å². The van der Waals surface area contributed by atoms with E-state index >= 15 is 0 Å². The molecule has 1 atom stereocenters. The van der Waals surface area contributed by atoms with Gasteiger partial charge in [-0.25, -0.2) is 9.67 Å². The maximum absolute atomic E-state index is 7.40. The number of hydrogen-bond donors (Lipinski definition) is 2. The van der Waals surface area contributed by atoms with Gasteiger partial charge in [0.05, 0.1) is 17.6 Å². The van der Waals surface area contributed by atoms with Gasteiger partial charge in [0.15, 0.2) is 5.82 Å². The maximum Gasteiger partial charge on any atom is 0.152 e. The Labute approximate surface area is 69.4 Å². The SMILES string of the molecule is Cc1cc2n(n1)C(N)C(=N)C=N2. The Morgan fingerprint density at radius 1 is 1.67 bits per heavy atom. The van der Waals surface area contributed by atoms with Crippen molar-refractivity contribution in [2.45, 2.75) is 13.1 Å². The number of fused-ring (bicyclic) bond motifs is 1. The molecule has 0 aliphatic carbocycles. The van der Waals surface area contributed by atoms with Crippen molar-refractivity contribution in [3.05, 3.63) is 11.8 Å². The number of nitrogens with zero attached hydrogens (tertiary/aromatic N) is 3. The van der Waals surface area contributed by atoms with E-state index in [9.17, 15) is 0 Å². The summed E-state index contributed by atoms with van der Waals surface area (Å²) in [6.45, 7) is 1.87. The molecule has 1 aromatic heterocycles. The van der Waals surface area contributed by atoms with Crippen molar-refractivity contribution in [3.8, 4) is 0 Å². The molecule has 0 saturated carbocycles. The lowest BCUT2D eigenvalue weighted by Crippen LogP contribution is -2.31. The second-order valence-electron chi connectivity index (χ2n) is 2.75. The van der Waals surface area contributed by atoms with Crippen LogP contribution < -0.4 is 5.73 Å². The molecule has 0 radical (unpaired) electrons. The molecule has 3 N–H and O–H groups in total. The van der Waals surface area contributed by atoms with Crippen molar-refractivity contribution in [2.75, 3.05) is 0 Å². The summed E-state index contributed by atoms with van der Waals surface area (Å²) in [5.74, 6) is 0.719. The molecule has 2 rings (SSSR count). The first kappa shape index (κ1) is 7.17. The lowest BCUT2D eigenvalue weighted by atomic mass is 10.3. The predicted octanol–water partition coefficient (Wildman–Crippen LogP) is 0.384. The predicted molar refractivity (Wildman–Crippen MR) is 46.1 cm³/mol. The summed E-state index contributed by atoms with van der Waals surface area (Å²) in [6.07, 6.45) is 0.979. The Kier molecular flexibility index (Phi) is 1.34. The fourth-order valence-corrected chi connectivity index (χ4v) is 1.15. The molecule has 0 fully saturated rings. The molecule has 0 amide bonds. The molecular weight excluding hydrogens is 154 g/mol. The van der Waals surface area contributed by atoms with Gasteiger partial charge < -0.3 is 5.73 Å². The van der Waals surface area contributed by atoms with E-state index in [0.717, 1.165) is 11.5 Å². The van der Waals surface area contributed by atoms with E-state index in [1.54, 1.807) is 4.68 Å². The fraction of sp³-hybridized carbons (Fsp3) is 0.286. The summed E-state index contributed by atoms with van der Waals surface area (Å²) in [4.78, 5) is 4.02. The first-order chi connectivity index (χ1) is 5.68. The van der Waals surface area contributed by atoms with Gasteiger partial charge in [0.1, 0.15) is 6.17 Å². The smallest absolute Gasteiger partial charge is 0.152 e. The Balaban J connectivity index is 2.57. The van der Waals surface area contributed by atoms with Crippen LogP contribution in [-0.4, -0.2) is 21.7 Å². The van der Waals surface area contributed by atoms with Crippen LogP contribution in [0.5, 0.6) is 0 Å². The van der Waals surface area contributed by atoms with Crippen LogP contribution in [0.3, 0.4) is 0 Å². The number of nitrogens with two attached hydrogens (primary N) is 1. The van der Waals surface area contributed by atoms with Crippen molar-refractivity contribution in [1.29, 1.82) is 5.41 Å². The van der Waals surface area contributed by atoms with Crippen LogP contribution in [0.2, 0.25) is 0 Å². The number of hydrogen-bond acceptors (Lipinski definition) is 4. The molecule has 1 unspecified atom stereocenters. The number of aliphatic imine (C=N–C) groups is 1. The van der Waals surface area contributed by atoms with Crippen molar-refractivity contribution in [2.24, 2.45) is 10.7 Å². The Morgan fingerprint density at radius 3 is 3.17 bits per heavy atom. The van der Waals surface area contributed by atoms with Crippen LogP contribution >= 0.6 is 0 Å². The number of rotatable bonds is 0. The van der Waals surface area contributed by atoms with Gasteiger partial charge in [-0.15, -0.1) is 0 Å². The molecule has 1 aliphatic rings. The van der Waals surface area contributed by atoms with E-state index in [1.807, 2.05) is 13.0 Å². The number of aryl methyl sites for hydroxylation is 1. The quantitative estimate of drug-likeness (QED) is 0.580. The van der Waals surface area contributed by atoms with E-state index in [0.29, 0.717) is 0 Å². The molecule has 0 saturated heterocycles. The highest BCUT2D eigenvalue weighted by molar-refractivity contribution is 6.31.